The summed E-state index contributed by atoms with van der Waals surface area (Å²) in [6, 6.07) is 0. The third-order valence-corrected chi connectivity index (χ3v) is 5.22. The van der Waals surface area contributed by atoms with Gasteiger partial charge in [0.15, 0.2) is 5.96 Å². The SMILES string of the molecule is CN=C(NCCOCC1CCCO1)N1CCC2(CCC2)C1. The summed E-state index contributed by atoms with van der Waals surface area (Å²) < 4.78 is 11.2. The average Bonchev–Trinajstić information content (AvgIpc) is 3.11. The number of hydrogen-bond donors (Lipinski definition) is 1. The first-order valence-electron chi connectivity index (χ1n) is 8.46. The van der Waals surface area contributed by atoms with Crippen molar-refractivity contribution in [2.24, 2.45) is 10.4 Å². The molecule has 120 valence electrons. The summed E-state index contributed by atoms with van der Waals surface area (Å²) in [5.74, 6) is 1.04. The monoisotopic (exact) mass is 295 g/mol. The topological polar surface area (TPSA) is 46.1 Å². The lowest BCUT2D eigenvalue weighted by Crippen LogP contribution is -2.43. The van der Waals surface area contributed by atoms with Crippen molar-refractivity contribution in [1.29, 1.82) is 0 Å². The van der Waals surface area contributed by atoms with Crippen LogP contribution in [0.4, 0.5) is 0 Å². The molecule has 1 atom stereocenters. The van der Waals surface area contributed by atoms with Gasteiger partial charge in [0.1, 0.15) is 0 Å². The average molecular weight is 295 g/mol. The molecule has 0 aromatic carbocycles. The van der Waals surface area contributed by atoms with E-state index in [9.17, 15) is 0 Å². The van der Waals surface area contributed by atoms with Crippen molar-refractivity contribution in [3.8, 4) is 0 Å². The van der Waals surface area contributed by atoms with Crippen LogP contribution in [0, 0.1) is 5.41 Å². The molecule has 1 unspecified atom stereocenters. The van der Waals surface area contributed by atoms with Gasteiger partial charge in [-0.1, -0.05) is 6.42 Å². The van der Waals surface area contributed by atoms with Crippen LogP contribution in [0.1, 0.15) is 38.5 Å². The fourth-order valence-corrected chi connectivity index (χ4v) is 3.76. The normalized spacial score (nSPS) is 28.1. The Morgan fingerprint density at radius 3 is 2.90 bits per heavy atom. The quantitative estimate of drug-likeness (QED) is 0.476. The van der Waals surface area contributed by atoms with Crippen molar-refractivity contribution in [2.45, 2.75) is 44.6 Å². The zero-order chi connectivity index (χ0) is 14.5. The van der Waals surface area contributed by atoms with Gasteiger partial charge in [-0.3, -0.25) is 4.99 Å². The molecule has 1 aliphatic carbocycles. The first-order valence-corrected chi connectivity index (χ1v) is 8.46. The first kappa shape index (κ1) is 15.1. The number of ether oxygens (including phenoxy) is 2. The maximum absolute atomic E-state index is 5.69. The number of rotatable bonds is 5. The zero-order valence-electron chi connectivity index (χ0n) is 13.3. The number of hydrogen-bond acceptors (Lipinski definition) is 3. The Labute approximate surface area is 128 Å². The highest BCUT2D eigenvalue weighted by Gasteiger charge is 2.43. The summed E-state index contributed by atoms with van der Waals surface area (Å²) in [6.07, 6.45) is 8.21. The molecule has 2 aliphatic heterocycles. The van der Waals surface area contributed by atoms with E-state index in [0.717, 1.165) is 45.3 Å². The van der Waals surface area contributed by atoms with Gasteiger partial charge < -0.3 is 19.7 Å². The molecule has 1 spiro atoms. The van der Waals surface area contributed by atoms with Gasteiger partial charge in [-0.05, 0) is 37.5 Å². The second-order valence-corrected chi connectivity index (χ2v) is 6.71. The van der Waals surface area contributed by atoms with Gasteiger partial charge >= 0.3 is 0 Å². The molecule has 3 aliphatic rings. The summed E-state index contributed by atoms with van der Waals surface area (Å²) in [5.41, 5.74) is 0.619. The van der Waals surface area contributed by atoms with E-state index in [2.05, 4.69) is 15.2 Å². The minimum Gasteiger partial charge on any atom is -0.377 e. The van der Waals surface area contributed by atoms with Crippen molar-refractivity contribution in [1.82, 2.24) is 10.2 Å². The summed E-state index contributed by atoms with van der Waals surface area (Å²) in [5, 5.41) is 3.43. The summed E-state index contributed by atoms with van der Waals surface area (Å²) in [6.45, 7) is 5.50. The lowest BCUT2D eigenvalue weighted by atomic mass is 9.68. The molecule has 0 bridgehead atoms. The number of nitrogens with zero attached hydrogens (tertiary/aromatic N) is 2. The molecule has 2 saturated heterocycles. The third kappa shape index (κ3) is 3.69. The second-order valence-electron chi connectivity index (χ2n) is 6.71. The zero-order valence-corrected chi connectivity index (χ0v) is 13.3. The largest absolute Gasteiger partial charge is 0.377 e. The second kappa shape index (κ2) is 6.97. The Morgan fingerprint density at radius 1 is 1.38 bits per heavy atom. The molecule has 5 heteroatoms. The van der Waals surface area contributed by atoms with E-state index in [-0.39, 0.29) is 0 Å². The predicted molar refractivity (Wildman–Crippen MR) is 83.6 cm³/mol. The molecule has 0 radical (unpaired) electrons. The Hall–Kier alpha value is -0.810. The smallest absolute Gasteiger partial charge is 0.193 e. The van der Waals surface area contributed by atoms with Crippen LogP contribution in [0.25, 0.3) is 0 Å². The van der Waals surface area contributed by atoms with Gasteiger partial charge in [-0.2, -0.15) is 0 Å². The first-order chi connectivity index (χ1) is 10.3. The van der Waals surface area contributed by atoms with Crippen LogP contribution in [0.3, 0.4) is 0 Å². The Morgan fingerprint density at radius 2 is 2.29 bits per heavy atom. The molecule has 2 heterocycles. The van der Waals surface area contributed by atoms with Crippen molar-refractivity contribution in [3.05, 3.63) is 0 Å². The Kier molecular flexibility index (Phi) is 5.01. The Bertz CT molecular complexity index is 363. The molecule has 3 fully saturated rings. The minimum atomic E-state index is 0.321. The number of guanidine groups is 1. The molecule has 1 saturated carbocycles. The van der Waals surface area contributed by atoms with Gasteiger partial charge in [0, 0.05) is 33.3 Å². The molecule has 0 amide bonds. The van der Waals surface area contributed by atoms with E-state index in [4.69, 9.17) is 9.47 Å². The van der Waals surface area contributed by atoms with Crippen LogP contribution >= 0.6 is 0 Å². The van der Waals surface area contributed by atoms with Gasteiger partial charge in [0.05, 0.1) is 19.3 Å². The van der Waals surface area contributed by atoms with Gasteiger partial charge in [-0.15, -0.1) is 0 Å². The lowest BCUT2D eigenvalue weighted by molar-refractivity contribution is 0.0190. The maximum atomic E-state index is 5.69. The van der Waals surface area contributed by atoms with Crippen LogP contribution < -0.4 is 5.32 Å². The molecule has 21 heavy (non-hydrogen) atoms. The minimum absolute atomic E-state index is 0.321. The molecule has 1 N–H and O–H groups in total. The van der Waals surface area contributed by atoms with Crippen LogP contribution in [0.2, 0.25) is 0 Å². The van der Waals surface area contributed by atoms with E-state index < -0.39 is 0 Å². The van der Waals surface area contributed by atoms with Crippen LogP contribution in [0.5, 0.6) is 0 Å². The van der Waals surface area contributed by atoms with Gasteiger partial charge in [0.25, 0.3) is 0 Å². The highest BCUT2D eigenvalue weighted by atomic mass is 16.5. The molecule has 3 rings (SSSR count). The van der Waals surface area contributed by atoms with Crippen molar-refractivity contribution >= 4 is 5.96 Å². The van der Waals surface area contributed by atoms with Crippen LogP contribution in [-0.2, 0) is 9.47 Å². The van der Waals surface area contributed by atoms with Crippen molar-refractivity contribution in [3.63, 3.8) is 0 Å². The highest BCUT2D eigenvalue weighted by Crippen LogP contribution is 2.47. The van der Waals surface area contributed by atoms with E-state index >= 15 is 0 Å². The molecular formula is C16H29N3O2. The summed E-state index contributed by atoms with van der Waals surface area (Å²) in [4.78, 5) is 6.84. The fraction of sp³-hybridized carbons (Fsp3) is 0.938. The molecule has 0 aromatic rings. The number of aliphatic imine (C=N–C) groups is 1. The van der Waals surface area contributed by atoms with E-state index in [1.165, 1.54) is 38.6 Å². The molecular weight excluding hydrogens is 266 g/mol. The summed E-state index contributed by atoms with van der Waals surface area (Å²) in [7, 11) is 1.88. The van der Waals surface area contributed by atoms with Crippen molar-refractivity contribution in [2.75, 3.05) is 46.5 Å². The summed E-state index contributed by atoms with van der Waals surface area (Å²) >= 11 is 0. The Balaban J connectivity index is 1.31. The standard InChI is InChI=1S/C16H29N3O2/c1-17-15(19-9-7-16(13-19)5-3-6-16)18-8-11-20-12-14-4-2-10-21-14/h14H,2-13H2,1H3,(H,17,18). The lowest BCUT2D eigenvalue weighted by Gasteiger charge is -2.38. The van der Waals surface area contributed by atoms with Crippen LogP contribution in [-0.4, -0.2) is 63.5 Å². The van der Waals surface area contributed by atoms with Gasteiger partial charge in [0.2, 0.25) is 0 Å². The number of nitrogens with one attached hydrogen (secondary N) is 1. The van der Waals surface area contributed by atoms with E-state index in [0.29, 0.717) is 11.5 Å². The van der Waals surface area contributed by atoms with Gasteiger partial charge in [-0.25, -0.2) is 0 Å². The molecule has 5 nitrogen and oxygen atoms in total. The predicted octanol–water partition coefficient (Wildman–Crippen LogP) is 1.63. The highest BCUT2D eigenvalue weighted by molar-refractivity contribution is 5.80. The third-order valence-electron chi connectivity index (χ3n) is 5.22. The van der Waals surface area contributed by atoms with Crippen molar-refractivity contribution < 1.29 is 9.47 Å². The van der Waals surface area contributed by atoms with E-state index in [1.54, 1.807) is 0 Å². The molecule has 0 aromatic heterocycles. The van der Waals surface area contributed by atoms with E-state index in [1.807, 2.05) is 7.05 Å². The number of likely N-dealkylation sites (tertiary alicyclic amines) is 1. The fourth-order valence-electron chi connectivity index (χ4n) is 3.76. The van der Waals surface area contributed by atoms with Crippen LogP contribution in [0.15, 0.2) is 4.99 Å². The maximum Gasteiger partial charge on any atom is 0.193 e.